The Morgan fingerprint density at radius 3 is 2.35 bits per heavy atom. The fourth-order valence-corrected chi connectivity index (χ4v) is 3.97. The third kappa shape index (κ3) is 6.66. The van der Waals surface area contributed by atoms with Gasteiger partial charge < -0.3 is 25.4 Å². The molecule has 1 aliphatic heterocycles. The first-order valence-corrected chi connectivity index (χ1v) is 11.6. The van der Waals surface area contributed by atoms with Crippen molar-refractivity contribution in [2.75, 3.05) is 13.7 Å². The number of Topliss-reactive ketones (excluding diaryl/α,β-unsaturated/α-hetero) is 1. The molecule has 3 N–H and O–H groups in total. The molecule has 3 amide bonds. The summed E-state index contributed by atoms with van der Waals surface area (Å²) < 4.78 is 10.5. The van der Waals surface area contributed by atoms with Crippen LogP contribution < -0.4 is 20.7 Å². The molecule has 1 aromatic rings. The van der Waals surface area contributed by atoms with Gasteiger partial charge in [0.2, 0.25) is 18.2 Å². The monoisotopic (exact) mass is 471 g/mol. The Labute approximate surface area is 199 Å². The quantitative estimate of drug-likeness (QED) is 0.225. The van der Waals surface area contributed by atoms with Crippen molar-refractivity contribution in [1.82, 2.24) is 16.0 Å². The van der Waals surface area contributed by atoms with Crippen molar-refractivity contribution >= 4 is 24.0 Å². The summed E-state index contributed by atoms with van der Waals surface area (Å²) >= 11 is 0. The zero-order valence-electron chi connectivity index (χ0n) is 19.9. The van der Waals surface area contributed by atoms with Gasteiger partial charge in [0.05, 0.1) is 19.8 Å². The average molecular weight is 472 g/mol. The van der Waals surface area contributed by atoms with Gasteiger partial charge >= 0.3 is 0 Å². The van der Waals surface area contributed by atoms with E-state index in [2.05, 4.69) is 22.0 Å². The minimum Gasteiger partial charge on any atom is -0.497 e. The third-order valence-electron chi connectivity index (χ3n) is 6.28. The fourth-order valence-electron chi connectivity index (χ4n) is 3.97. The molecule has 184 valence electrons. The highest BCUT2D eigenvalue weighted by molar-refractivity contribution is 5.98. The van der Waals surface area contributed by atoms with Gasteiger partial charge in [-0.25, -0.2) is 0 Å². The molecule has 1 aliphatic carbocycles. The molecule has 0 aromatic heterocycles. The highest BCUT2D eigenvalue weighted by atomic mass is 16.6. The van der Waals surface area contributed by atoms with Gasteiger partial charge in [0.15, 0.2) is 5.78 Å². The van der Waals surface area contributed by atoms with E-state index in [0.717, 1.165) is 30.4 Å². The fraction of sp³-hybridized carbons (Fsp3) is 0.520. The first-order valence-electron chi connectivity index (χ1n) is 11.6. The zero-order valence-corrected chi connectivity index (χ0v) is 19.9. The number of benzene rings is 1. The van der Waals surface area contributed by atoms with Crippen LogP contribution in [0.2, 0.25) is 0 Å². The average Bonchev–Trinajstić information content (AvgIpc) is 3.37. The second-order valence-corrected chi connectivity index (χ2v) is 9.02. The predicted octanol–water partition coefficient (Wildman–Crippen LogP) is 1.20. The van der Waals surface area contributed by atoms with Gasteiger partial charge in [-0.15, -0.1) is 0 Å². The van der Waals surface area contributed by atoms with Crippen molar-refractivity contribution in [3.63, 3.8) is 0 Å². The molecule has 0 spiro atoms. The molecule has 1 heterocycles. The smallest absolute Gasteiger partial charge is 0.243 e. The van der Waals surface area contributed by atoms with Crippen molar-refractivity contribution in [2.45, 2.75) is 69.7 Å². The largest absolute Gasteiger partial charge is 0.497 e. The minimum atomic E-state index is -0.947. The Morgan fingerprint density at radius 1 is 1.12 bits per heavy atom. The van der Waals surface area contributed by atoms with E-state index >= 15 is 0 Å². The maximum Gasteiger partial charge on any atom is 0.243 e. The highest BCUT2D eigenvalue weighted by Crippen LogP contribution is 2.31. The topological polar surface area (TPSA) is 126 Å². The predicted molar refractivity (Wildman–Crippen MR) is 125 cm³/mol. The van der Waals surface area contributed by atoms with Crippen LogP contribution in [0.3, 0.4) is 0 Å². The van der Waals surface area contributed by atoms with E-state index in [-0.39, 0.29) is 12.2 Å². The SMILES string of the molecule is COc1ccc(CC(NC(=O)C(C)NC=O)C(=O)NC(CC2=CCCC2)C(=O)C2(C)CO2)cc1. The van der Waals surface area contributed by atoms with Crippen LogP contribution in [0.15, 0.2) is 35.9 Å². The number of epoxide rings is 1. The van der Waals surface area contributed by atoms with E-state index in [9.17, 15) is 19.2 Å². The lowest BCUT2D eigenvalue weighted by Crippen LogP contribution is -2.56. The van der Waals surface area contributed by atoms with Gasteiger partial charge in [0.1, 0.15) is 23.4 Å². The Hall–Kier alpha value is -3.20. The number of amides is 3. The summed E-state index contributed by atoms with van der Waals surface area (Å²) in [5, 5.41) is 7.97. The van der Waals surface area contributed by atoms with E-state index in [1.165, 1.54) is 6.92 Å². The van der Waals surface area contributed by atoms with Gasteiger partial charge in [-0.2, -0.15) is 0 Å². The molecule has 34 heavy (non-hydrogen) atoms. The molecule has 2 aliphatic rings. The Balaban J connectivity index is 1.77. The molecular formula is C25H33N3O6. The van der Waals surface area contributed by atoms with Gasteiger partial charge in [-0.05, 0) is 57.2 Å². The second-order valence-electron chi connectivity index (χ2n) is 9.02. The number of ether oxygens (including phenoxy) is 2. The lowest BCUT2D eigenvalue weighted by atomic mass is 9.94. The summed E-state index contributed by atoms with van der Waals surface area (Å²) in [5.74, 6) is -0.465. The summed E-state index contributed by atoms with van der Waals surface area (Å²) in [7, 11) is 1.56. The molecule has 0 bridgehead atoms. The summed E-state index contributed by atoms with van der Waals surface area (Å²) in [6.07, 6.45) is 6.08. The Kier molecular flexibility index (Phi) is 8.44. The Morgan fingerprint density at radius 2 is 1.79 bits per heavy atom. The van der Waals surface area contributed by atoms with Crippen molar-refractivity contribution in [3.8, 4) is 5.75 Å². The van der Waals surface area contributed by atoms with E-state index < -0.39 is 35.5 Å². The summed E-state index contributed by atoms with van der Waals surface area (Å²) in [6.45, 7) is 3.58. The van der Waals surface area contributed by atoms with Crippen LogP contribution in [-0.4, -0.2) is 61.5 Å². The molecule has 3 rings (SSSR count). The standard InChI is InChI=1S/C25H33N3O6/c1-16(26-15-29)23(31)28-21(13-18-8-10-19(33-3)11-9-18)24(32)27-20(12-17-6-4-5-7-17)22(30)25(2)14-34-25/h6,8-11,15-16,20-21H,4-5,7,12-14H2,1-3H3,(H,26,29)(H,27,32)(H,28,31). The lowest BCUT2D eigenvalue weighted by molar-refractivity contribution is -0.133. The number of allylic oxidation sites excluding steroid dienone is 1. The van der Waals surface area contributed by atoms with E-state index in [1.807, 2.05) is 12.1 Å². The van der Waals surface area contributed by atoms with E-state index in [1.54, 1.807) is 26.2 Å². The van der Waals surface area contributed by atoms with Crippen LogP contribution >= 0.6 is 0 Å². The van der Waals surface area contributed by atoms with Crippen molar-refractivity contribution in [2.24, 2.45) is 0 Å². The molecular weight excluding hydrogens is 438 g/mol. The molecule has 4 atom stereocenters. The maximum absolute atomic E-state index is 13.4. The number of carbonyl (C=O) groups excluding carboxylic acids is 4. The summed E-state index contributed by atoms with van der Waals surface area (Å²) in [6, 6.07) is 4.65. The normalized spacial score (nSPS) is 21.4. The third-order valence-corrected chi connectivity index (χ3v) is 6.28. The first kappa shape index (κ1) is 25.4. The molecule has 9 nitrogen and oxygen atoms in total. The number of ketones is 1. The van der Waals surface area contributed by atoms with Gasteiger partial charge in [0.25, 0.3) is 0 Å². The van der Waals surface area contributed by atoms with E-state index in [0.29, 0.717) is 25.2 Å². The van der Waals surface area contributed by atoms with Crippen LogP contribution in [0.4, 0.5) is 0 Å². The molecule has 1 saturated heterocycles. The lowest BCUT2D eigenvalue weighted by Gasteiger charge is -2.25. The molecule has 4 unspecified atom stereocenters. The first-order chi connectivity index (χ1) is 16.3. The maximum atomic E-state index is 13.4. The van der Waals surface area contributed by atoms with Crippen LogP contribution in [0.25, 0.3) is 0 Å². The number of nitrogens with one attached hydrogen (secondary N) is 3. The number of hydrogen-bond donors (Lipinski definition) is 3. The molecule has 0 saturated carbocycles. The van der Waals surface area contributed by atoms with Gasteiger partial charge in [-0.3, -0.25) is 19.2 Å². The van der Waals surface area contributed by atoms with Gasteiger partial charge in [0, 0.05) is 6.42 Å². The number of carbonyl (C=O) groups is 4. The van der Waals surface area contributed by atoms with Crippen LogP contribution in [0.1, 0.15) is 45.1 Å². The summed E-state index contributed by atoms with van der Waals surface area (Å²) in [4.78, 5) is 49.8. The minimum absolute atomic E-state index is 0.167. The van der Waals surface area contributed by atoms with Crippen LogP contribution in [0, 0.1) is 0 Å². The van der Waals surface area contributed by atoms with Crippen molar-refractivity contribution < 1.29 is 28.7 Å². The Bertz CT molecular complexity index is 938. The number of methoxy groups -OCH3 is 1. The van der Waals surface area contributed by atoms with Crippen molar-refractivity contribution in [1.29, 1.82) is 0 Å². The van der Waals surface area contributed by atoms with E-state index in [4.69, 9.17) is 9.47 Å². The van der Waals surface area contributed by atoms with Crippen molar-refractivity contribution in [3.05, 3.63) is 41.5 Å². The summed E-state index contributed by atoms with van der Waals surface area (Å²) in [5.41, 5.74) is 1.06. The van der Waals surface area contributed by atoms with Crippen LogP contribution in [-0.2, 0) is 30.3 Å². The highest BCUT2D eigenvalue weighted by Gasteiger charge is 2.50. The second kappa shape index (κ2) is 11.3. The molecule has 1 fully saturated rings. The molecule has 9 heteroatoms. The zero-order chi connectivity index (χ0) is 24.7. The molecule has 0 radical (unpaired) electrons. The van der Waals surface area contributed by atoms with Crippen LogP contribution in [0.5, 0.6) is 5.75 Å². The van der Waals surface area contributed by atoms with Gasteiger partial charge in [-0.1, -0.05) is 23.8 Å². The molecule has 1 aromatic carbocycles. The number of rotatable bonds is 13. The number of hydrogen-bond acceptors (Lipinski definition) is 6.